The second kappa shape index (κ2) is 48.7. The van der Waals surface area contributed by atoms with Crippen LogP contribution in [0.1, 0.15) is 104 Å². The van der Waals surface area contributed by atoms with Gasteiger partial charge in [0.1, 0.15) is 180 Å². The van der Waals surface area contributed by atoms with E-state index in [2.05, 4.69) is 6.58 Å². The first kappa shape index (κ1) is 115. The van der Waals surface area contributed by atoms with Crippen LogP contribution in [0.4, 0.5) is 0 Å². The van der Waals surface area contributed by atoms with Crippen LogP contribution < -0.4 is 0 Å². The van der Waals surface area contributed by atoms with E-state index in [4.69, 9.17) is 71.1 Å². The van der Waals surface area contributed by atoms with Gasteiger partial charge in [-0.05, 0) is 104 Å². The number of hydrogen-bond donors (Lipinski definition) is 16. The normalized spacial score (nSPS) is 13.0. The molecule has 0 bridgehead atoms. The fourth-order valence-corrected chi connectivity index (χ4v) is 8.45. The van der Waals surface area contributed by atoms with Crippen LogP contribution in [-0.2, 0) is 143 Å². The molecule has 0 heterocycles. The molecule has 0 aliphatic rings. The summed E-state index contributed by atoms with van der Waals surface area (Å²) in [6.45, 7) is -17.4. The highest BCUT2D eigenvalue weighted by atomic mass is 16.6. The first-order valence-electron chi connectivity index (χ1n) is 38.2. The summed E-state index contributed by atoms with van der Waals surface area (Å²) in [7, 11) is 0. The van der Waals surface area contributed by atoms with Crippen LogP contribution in [0.3, 0.4) is 0 Å². The minimum atomic E-state index is -2.75. The van der Waals surface area contributed by atoms with Crippen LogP contribution in [0.15, 0.2) is 12.7 Å². The third kappa shape index (κ3) is 30.2. The molecule has 0 spiro atoms. The van der Waals surface area contributed by atoms with Crippen molar-refractivity contribution in [2.45, 2.75) is 104 Å². The standard InChI is InChI=1S/C78H126O46/c1-17-18-110-57(103)72(10,35-119-62(108)77(15,45-121-58(104)73(11,37-111-49(95)64(2,19-79)20-80)38-112-50(96)65(3,21-81)22-82)46-122-59(105)74(12,39-113-51(97)66(4,23-83)24-84)40-114-52(98)67(5,25-85)26-86)36-120-63(109)78(16,47-123-60(106)75(13,41-115-53(99)68(6,27-87)28-88)42-116-54(100)69(7,29-89)30-90)48-124-61(107)76(14,43-117-55(101)70(8,31-91)32-92)44-118-56(102)71(9,33-93)34-94/h17,79-94H,1,18-48H2,2-16H3. The highest BCUT2D eigenvalue weighted by Gasteiger charge is 2.54. The number of carbonyl (C=O) groups excluding carboxylic acids is 15. The van der Waals surface area contributed by atoms with Crippen molar-refractivity contribution in [3.8, 4) is 0 Å². The molecular formula is C78H126O46. The molecule has 0 aromatic heterocycles. The predicted molar refractivity (Wildman–Crippen MR) is 410 cm³/mol. The Morgan fingerprint density at radius 3 is 0.306 bits per heavy atom. The quantitative estimate of drug-likeness (QED) is 0.0153. The number of aliphatic hydroxyl groups is 16. The third-order valence-corrected chi connectivity index (χ3v) is 20.6. The van der Waals surface area contributed by atoms with E-state index in [0.29, 0.717) is 0 Å². The van der Waals surface area contributed by atoms with Crippen molar-refractivity contribution < 1.29 is 225 Å². The van der Waals surface area contributed by atoms with Gasteiger partial charge in [0.2, 0.25) is 0 Å². The Labute approximate surface area is 714 Å². The molecule has 0 rings (SSSR count). The molecule has 714 valence electrons. The van der Waals surface area contributed by atoms with Crippen LogP contribution in [0.2, 0.25) is 0 Å². The van der Waals surface area contributed by atoms with Gasteiger partial charge in [-0.25, -0.2) is 0 Å². The minimum Gasteiger partial charge on any atom is -0.464 e. The van der Waals surface area contributed by atoms with Crippen molar-refractivity contribution >= 4 is 89.5 Å². The Morgan fingerprint density at radius 1 is 0.161 bits per heavy atom. The third-order valence-electron chi connectivity index (χ3n) is 20.6. The van der Waals surface area contributed by atoms with E-state index < -0.39 is 376 Å². The van der Waals surface area contributed by atoms with Gasteiger partial charge in [-0.2, -0.15) is 0 Å². The molecule has 0 unspecified atom stereocenters. The van der Waals surface area contributed by atoms with Gasteiger partial charge >= 0.3 is 89.5 Å². The van der Waals surface area contributed by atoms with Gasteiger partial charge in [-0.3, -0.25) is 71.9 Å². The summed E-state index contributed by atoms with van der Waals surface area (Å²) in [4.78, 5) is 210. The van der Waals surface area contributed by atoms with Crippen LogP contribution in [0.25, 0.3) is 0 Å². The number of hydrogen-bond acceptors (Lipinski definition) is 46. The second-order valence-electron chi connectivity index (χ2n) is 34.9. The van der Waals surface area contributed by atoms with Crippen LogP contribution in [-0.4, -0.2) is 376 Å². The van der Waals surface area contributed by atoms with Gasteiger partial charge in [-0.15, -0.1) is 0 Å². The Morgan fingerprint density at radius 2 is 0.234 bits per heavy atom. The van der Waals surface area contributed by atoms with Crippen molar-refractivity contribution in [2.75, 3.05) is 205 Å². The molecule has 0 aliphatic heterocycles. The average molecular weight is 1800 g/mol. The zero-order valence-electron chi connectivity index (χ0n) is 72.6. The lowest BCUT2D eigenvalue weighted by atomic mass is 9.89. The summed E-state index contributed by atoms with van der Waals surface area (Å²) in [5, 5.41) is 160. The van der Waals surface area contributed by atoms with E-state index in [1.54, 1.807) is 0 Å². The van der Waals surface area contributed by atoms with E-state index in [1.807, 2.05) is 0 Å². The fourth-order valence-electron chi connectivity index (χ4n) is 8.45. The second-order valence-corrected chi connectivity index (χ2v) is 34.9. The molecule has 0 aromatic rings. The first-order chi connectivity index (χ1) is 57.2. The lowest BCUT2D eigenvalue weighted by Gasteiger charge is -2.35. The first-order valence-corrected chi connectivity index (χ1v) is 38.2. The molecule has 46 heteroatoms. The van der Waals surface area contributed by atoms with Crippen LogP contribution in [0, 0.1) is 81.2 Å². The van der Waals surface area contributed by atoms with E-state index >= 15 is 9.59 Å². The molecule has 0 aromatic carbocycles. The van der Waals surface area contributed by atoms with Crippen molar-refractivity contribution in [1.82, 2.24) is 0 Å². The lowest BCUT2D eigenvalue weighted by Crippen LogP contribution is -2.50. The molecule has 0 aliphatic carbocycles. The number of carbonyl (C=O) groups is 15. The summed E-state index contributed by atoms with van der Waals surface area (Å²) in [6.07, 6.45) is 1.02. The minimum absolute atomic E-state index is 0.683. The summed E-state index contributed by atoms with van der Waals surface area (Å²) in [6, 6.07) is 0. The van der Waals surface area contributed by atoms with Gasteiger partial charge < -0.3 is 153 Å². The lowest BCUT2D eigenvalue weighted by molar-refractivity contribution is -0.189. The monoisotopic (exact) mass is 1800 g/mol. The van der Waals surface area contributed by atoms with E-state index in [-0.39, 0.29) is 0 Å². The van der Waals surface area contributed by atoms with Crippen molar-refractivity contribution in [3.05, 3.63) is 12.7 Å². The van der Waals surface area contributed by atoms with Gasteiger partial charge in [0.05, 0.1) is 106 Å². The summed E-state index contributed by atoms with van der Waals surface area (Å²) >= 11 is 0. The van der Waals surface area contributed by atoms with Crippen LogP contribution in [0.5, 0.6) is 0 Å². The molecule has 0 amide bonds. The molecule has 124 heavy (non-hydrogen) atoms. The van der Waals surface area contributed by atoms with E-state index in [9.17, 15) is 144 Å². The number of ether oxygens (including phenoxy) is 15. The zero-order valence-corrected chi connectivity index (χ0v) is 72.6. The van der Waals surface area contributed by atoms with Gasteiger partial charge in [-0.1, -0.05) is 12.7 Å². The average Bonchev–Trinajstić information content (AvgIpc) is 0.814. The fraction of sp³-hybridized carbons (Fsp3) is 0.782. The molecule has 0 radical (unpaired) electrons. The molecule has 46 nitrogen and oxygen atoms in total. The molecular weight excluding hydrogens is 1670 g/mol. The van der Waals surface area contributed by atoms with E-state index in [0.717, 1.165) is 110 Å². The molecule has 16 N–H and O–H groups in total. The Bertz CT molecular complexity index is 3050. The van der Waals surface area contributed by atoms with Crippen molar-refractivity contribution in [3.63, 3.8) is 0 Å². The SMILES string of the molecule is C=CCOC(=O)C(C)(COC(=O)C(C)(COC(=O)C(C)(COC(=O)C(C)(CO)CO)COC(=O)C(C)(CO)CO)COC(=O)C(C)(COC(=O)C(C)(CO)CO)COC(=O)C(C)(CO)CO)COC(=O)C(C)(COC(=O)C(C)(COC(=O)C(C)(CO)CO)COC(=O)C(C)(CO)CO)COC(=O)C(C)(COC(=O)C(C)(CO)CO)COC(=O)C(C)(CO)CO. The smallest absolute Gasteiger partial charge is 0.319 e. The Balaban J connectivity index is 9.05. The van der Waals surface area contributed by atoms with Gasteiger partial charge in [0.15, 0.2) is 0 Å². The van der Waals surface area contributed by atoms with Gasteiger partial charge in [0, 0.05) is 0 Å². The highest BCUT2D eigenvalue weighted by molar-refractivity contribution is 5.87. The van der Waals surface area contributed by atoms with Crippen LogP contribution >= 0.6 is 0 Å². The summed E-state index contributed by atoms with van der Waals surface area (Å²) < 4.78 is 81.8. The Kier molecular flexibility index (Phi) is 45.3. The number of rotatable bonds is 61. The predicted octanol–water partition coefficient (Wildman–Crippen LogP) is -6.71. The van der Waals surface area contributed by atoms with Crippen molar-refractivity contribution in [1.29, 1.82) is 0 Å². The number of esters is 15. The molecule has 0 fully saturated rings. The number of aliphatic hydroxyl groups excluding tert-OH is 16. The molecule has 0 saturated heterocycles. The van der Waals surface area contributed by atoms with Gasteiger partial charge in [0.25, 0.3) is 0 Å². The highest BCUT2D eigenvalue weighted by Crippen LogP contribution is 2.36. The Hall–Kier alpha value is -8.85. The summed E-state index contributed by atoms with van der Waals surface area (Å²) in [5.74, 6) is -22.2. The topological polar surface area (TPSA) is 718 Å². The summed E-state index contributed by atoms with van der Waals surface area (Å²) in [5.41, 5.74) is -34.6. The largest absolute Gasteiger partial charge is 0.464 e. The zero-order chi connectivity index (χ0) is 96.4. The maximum Gasteiger partial charge on any atom is 0.319 e. The maximum atomic E-state index is 15.2. The molecule has 0 atom stereocenters. The maximum absolute atomic E-state index is 15.2. The van der Waals surface area contributed by atoms with Crippen molar-refractivity contribution in [2.24, 2.45) is 81.2 Å². The molecule has 0 saturated carbocycles. The van der Waals surface area contributed by atoms with E-state index in [1.165, 1.54) is 0 Å².